The highest BCUT2D eigenvalue weighted by Gasteiger charge is 2.06. The van der Waals surface area contributed by atoms with E-state index >= 15 is 0 Å². The number of carbonyl (C=O) groups excluding carboxylic acids is 1. The van der Waals surface area contributed by atoms with Gasteiger partial charge in [0, 0.05) is 11.1 Å². The molecule has 0 aromatic heterocycles. The lowest BCUT2D eigenvalue weighted by molar-refractivity contribution is -0.123. The van der Waals surface area contributed by atoms with Gasteiger partial charge in [0.1, 0.15) is 11.8 Å². The van der Waals surface area contributed by atoms with Gasteiger partial charge in [-0.15, -0.1) is 0 Å². The number of ether oxygens (including phenoxy) is 1. The van der Waals surface area contributed by atoms with Crippen LogP contribution in [0.3, 0.4) is 0 Å². The number of nitriles is 1. The molecule has 5 nitrogen and oxygen atoms in total. The fourth-order valence-corrected chi connectivity index (χ4v) is 1.06. The van der Waals surface area contributed by atoms with Crippen LogP contribution in [0, 0.1) is 11.3 Å². The summed E-state index contributed by atoms with van der Waals surface area (Å²) in [5.41, 5.74) is 2.22. The van der Waals surface area contributed by atoms with Crippen molar-refractivity contribution in [3.63, 3.8) is 0 Å². The van der Waals surface area contributed by atoms with Gasteiger partial charge in [0.25, 0.3) is 5.91 Å². The highest BCUT2D eigenvalue weighted by atomic mass is 35.5. The largest absolute Gasteiger partial charge is 0.482 e. The molecule has 0 aliphatic carbocycles. The molecule has 3 N–H and O–H groups in total. The number of nitrogens with zero attached hydrogens (tertiary/aromatic N) is 1. The predicted octanol–water partition coefficient (Wildman–Crippen LogP) is 0.580. The number of nitrogens with one attached hydrogen (secondary N) is 1. The Kier molecular flexibility index (Phi) is 3.92. The first-order valence-corrected chi connectivity index (χ1v) is 4.37. The molecule has 0 aliphatic heterocycles. The smallest absolute Gasteiger partial charge is 0.271 e. The molecule has 0 radical (unpaired) electrons. The summed E-state index contributed by atoms with van der Waals surface area (Å²) in [6.07, 6.45) is 0. The van der Waals surface area contributed by atoms with E-state index in [0.29, 0.717) is 10.6 Å². The summed E-state index contributed by atoms with van der Waals surface area (Å²) >= 11 is 5.71. The first kappa shape index (κ1) is 11.3. The third-order valence-corrected chi connectivity index (χ3v) is 1.82. The van der Waals surface area contributed by atoms with Gasteiger partial charge in [0.2, 0.25) is 0 Å². The topological polar surface area (TPSA) is 88.1 Å². The molecule has 1 rings (SSSR count). The fraction of sp³-hybridized carbons (Fsp3) is 0.111. The quantitative estimate of drug-likeness (QED) is 0.448. The van der Waals surface area contributed by atoms with Crippen LogP contribution in [0.25, 0.3) is 0 Å². The summed E-state index contributed by atoms with van der Waals surface area (Å²) in [6.45, 7) is -0.258. The maximum Gasteiger partial charge on any atom is 0.271 e. The van der Waals surface area contributed by atoms with Crippen LogP contribution in [0.2, 0.25) is 5.02 Å². The lowest BCUT2D eigenvalue weighted by Crippen LogP contribution is -2.34. The minimum atomic E-state index is -0.487. The zero-order valence-electron chi connectivity index (χ0n) is 7.66. The van der Waals surface area contributed by atoms with Gasteiger partial charge in [-0.1, -0.05) is 11.6 Å². The molecule has 1 aromatic rings. The van der Waals surface area contributed by atoms with Gasteiger partial charge in [0.15, 0.2) is 6.61 Å². The zero-order chi connectivity index (χ0) is 11.3. The molecule has 0 bridgehead atoms. The molecule has 1 amide bonds. The Balaban J connectivity index is 2.80. The van der Waals surface area contributed by atoms with Crippen LogP contribution in [0.4, 0.5) is 0 Å². The number of hydrazine groups is 1. The van der Waals surface area contributed by atoms with Crippen molar-refractivity contribution in [3.05, 3.63) is 28.8 Å². The molecule has 0 heterocycles. The van der Waals surface area contributed by atoms with E-state index in [9.17, 15) is 4.79 Å². The van der Waals surface area contributed by atoms with Crippen molar-refractivity contribution in [2.24, 2.45) is 5.84 Å². The number of benzene rings is 1. The van der Waals surface area contributed by atoms with E-state index in [-0.39, 0.29) is 12.4 Å². The molecule has 0 atom stereocenters. The van der Waals surface area contributed by atoms with Gasteiger partial charge in [-0.05, 0) is 12.1 Å². The van der Waals surface area contributed by atoms with Crippen LogP contribution < -0.4 is 16.0 Å². The second-order valence-electron chi connectivity index (χ2n) is 2.61. The van der Waals surface area contributed by atoms with Crippen LogP contribution in [-0.4, -0.2) is 12.5 Å². The van der Waals surface area contributed by atoms with E-state index in [4.69, 9.17) is 27.4 Å². The Labute approximate surface area is 91.4 Å². The lowest BCUT2D eigenvalue weighted by atomic mass is 10.2. The molecule has 0 aliphatic rings. The fourth-order valence-electron chi connectivity index (χ4n) is 0.893. The average molecular weight is 226 g/mol. The summed E-state index contributed by atoms with van der Waals surface area (Å²) in [5, 5.41) is 9.16. The van der Waals surface area contributed by atoms with E-state index in [1.165, 1.54) is 12.1 Å². The molecular formula is C9H8ClN3O2. The van der Waals surface area contributed by atoms with E-state index in [1.54, 1.807) is 6.07 Å². The Bertz CT molecular complexity index is 414. The average Bonchev–Trinajstić information content (AvgIpc) is 2.26. The molecule has 1 aromatic carbocycles. The zero-order valence-corrected chi connectivity index (χ0v) is 8.41. The number of rotatable bonds is 3. The van der Waals surface area contributed by atoms with Gasteiger partial charge in [-0.3, -0.25) is 10.2 Å². The Morgan fingerprint density at radius 1 is 1.67 bits per heavy atom. The van der Waals surface area contributed by atoms with Gasteiger partial charge in [-0.2, -0.15) is 5.26 Å². The molecule has 0 unspecified atom stereocenters. The van der Waals surface area contributed by atoms with Crippen molar-refractivity contribution >= 4 is 17.5 Å². The highest BCUT2D eigenvalue weighted by molar-refractivity contribution is 6.30. The van der Waals surface area contributed by atoms with Crippen molar-refractivity contribution < 1.29 is 9.53 Å². The molecule has 0 saturated heterocycles. The van der Waals surface area contributed by atoms with Crippen molar-refractivity contribution in [2.45, 2.75) is 0 Å². The number of hydrogen-bond donors (Lipinski definition) is 2. The normalized spacial score (nSPS) is 9.13. The van der Waals surface area contributed by atoms with Gasteiger partial charge >= 0.3 is 0 Å². The number of hydrogen-bond acceptors (Lipinski definition) is 4. The minimum absolute atomic E-state index is 0.258. The van der Waals surface area contributed by atoms with E-state index in [0.717, 1.165) is 0 Å². The van der Waals surface area contributed by atoms with Gasteiger partial charge in [0.05, 0.1) is 5.56 Å². The number of carbonyl (C=O) groups is 1. The number of amides is 1. The molecule has 0 saturated carbocycles. The van der Waals surface area contributed by atoms with E-state index < -0.39 is 5.91 Å². The monoisotopic (exact) mass is 225 g/mol. The summed E-state index contributed by atoms with van der Waals surface area (Å²) in [7, 11) is 0. The van der Waals surface area contributed by atoms with Crippen molar-refractivity contribution in [1.82, 2.24) is 5.43 Å². The molecule has 78 valence electrons. The minimum Gasteiger partial charge on any atom is -0.482 e. The van der Waals surface area contributed by atoms with Gasteiger partial charge < -0.3 is 4.74 Å². The molecule has 15 heavy (non-hydrogen) atoms. The number of nitrogens with two attached hydrogens (primary N) is 1. The second-order valence-corrected chi connectivity index (χ2v) is 3.04. The Hall–Kier alpha value is -1.77. The molecular weight excluding hydrogens is 218 g/mol. The third kappa shape index (κ3) is 3.13. The standard InChI is InChI=1S/C9H8ClN3O2/c10-7-2-1-6(4-11)8(3-7)15-5-9(14)13-12/h1-3H,5,12H2,(H,13,14). The van der Waals surface area contributed by atoms with E-state index in [1.807, 2.05) is 11.5 Å². The first-order valence-electron chi connectivity index (χ1n) is 3.99. The van der Waals surface area contributed by atoms with Crippen LogP contribution >= 0.6 is 11.6 Å². The van der Waals surface area contributed by atoms with Gasteiger partial charge in [-0.25, -0.2) is 5.84 Å². The van der Waals surface area contributed by atoms with Crippen LogP contribution in [0.15, 0.2) is 18.2 Å². The SMILES string of the molecule is N#Cc1ccc(Cl)cc1OCC(=O)NN. The first-order chi connectivity index (χ1) is 7.17. The van der Waals surface area contributed by atoms with Crippen LogP contribution in [-0.2, 0) is 4.79 Å². The second kappa shape index (κ2) is 5.20. The molecule has 0 fully saturated rings. The van der Waals surface area contributed by atoms with Crippen molar-refractivity contribution in [3.8, 4) is 11.8 Å². The highest BCUT2D eigenvalue weighted by Crippen LogP contribution is 2.22. The maximum atomic E-state index is 10.8. The Morgan fingerprint density at radius 3 is 3.00 bits per heavy atom. The van der Waals surface area contributed by atoms with E-state index in [2.05, 4.69) is 0 Å². The summed E-state index contributed by atoms with van der Waals surface area (Å²) in [6, 6.07) is 6.46. The maximum absolute atomic E-state index is 10.8. The lowest BCUT2D eigenvalue weighted by Gasteiger charge is -2.06. The number of halogens is 1. The van der Waals surface area contributed by atoms with Crippen LogP contribution in [0.1, 0.15) is 5.56 Å². The summed E-state index contributed by atoms with van der Waals surface area (Å²) < 4.78 is 5.06. The predicted molar refractivity (Wildman–Crippen MR) is 54.0 cm³/mol. The Morgan fingerprint density at radius 2 is 2.40 bits per heavy atom. The van der Waals surface area contributed by atoms with Crippen LogP contribution in [0.5, 0.6) is 5.75 Å². The summed E-state index contributed by atoms with van der Waals surface area (Å²) in [4.78, 5) is 10.8. The van der Waals surface area contributed by atoms with Crippen molar-refractivity contribution in [1.29, 1.82) is 5.26 Å². The molecule has 0 spiro atoms. The van der Waals surface area contributed by atoms with Crippen molar-refractivity contribution in [2.75, 3.05) is 6.61 Å². The summed E-state index contributed by atoms with van der Waals surface area (Å²) in [5.74, 6) is 4.64. The molecule has 6 heteroatoms. The third-order valence-electron chi connectivity index (χ3n) is 1.58.